The molecule has 0 amide bonds. The molecule has 1 aliphatic rings. The highest BCUT2D eigenvalue weighted by atomic mass is 16.6. The molecular formula is C14H21NO2. The fraction of sp³-hybridized carbons (Fsp3) is 0.571. The number of hydrogen-bond acceptors (Lipinski definition) is 3. The average Bonchev–Trinajstić information content (AvgIpc) is 2.34. The summed E-state index contributed by atoms with van der Waals surface area (Å²) in [5.41, 5.74) is 1.25. The lowest BCUT2D eigenvalue weighted by Crippen LogP contribution is -2.18. The van der Waals surface area contributed by atoms with Gasteiger partial charge in [0.15, 0.2) is 11.5 Å². The highest BCUT2D eigenvalue weighted by Gasteiger charge is 2.11. The topological polar surface area (TPSA) is 30.5 Å². The van der Waals surface area contributed by atoms with Gasteiger partial charge < -0.3 is 14.8 Å². The van der Waals surface area contributed by atoms with Crippen molar-refractivity contribution in [3.63, 3.8) is 0 Å². The summed E-state index contributed by atoms with van der Waals surface area (Å²) in [5.74, 6) is 2.49. The predicted molar refractivity (Wildman–Crippen MR) is 68.6 cm³/mol. The summed E-state index contributed by atoms with van der Waals surface area (Å²) >= 11 is 0. The predicted octanol–water partition coefficient (Wildman–Crippen LogP) is 2.59. The van der Waals surface area contributed by atoms with Gasteiger partial charge >= 0.3 is 0 Å². The molecule has 1 aromatic carbocycles. The molecule has 0 aromatic heterocycles. The van der Waals surface area contributed by atoms with Crippen LogP contribution >= 0.6 is 0 Å². The van der Waals surface area contributed by atoms with Crippen molar-refractivity contribution < 1.29 is 9.47 Å². The maximum absolute atomic E-state index is 5.56. The first-order valence-electron chi connectivity index (χ1n) is 6.35. The largest absolute Gasteiger partial charge is 0.486 e. The van der Waals surface area contributed by atoms with Crippen molar-refractivity contribution in [2.75, 3.05) is 19.8 Å². The van der Waals surface area contributed by atoms with Crippen molar-refractivity contribution in [3.05, 3.63) is 23.8 Å². The second-order valence-electron chi connectivity index (χ2n) is 4.84. The molecule has 0 radical (unpaired) electrons. The molecule has 1 N–H and O–H groups in total. The van der Waals surface area contributed by atoms with Crippen LogP contribution in [-0.4, -0.2) is 19.8 Å². The second kappa shape index (κ2) is 5.92. The number of fused-ring (bicyclic) bond motifs is 1. The van der Waals surface area contributed by atoms with E-state index in [4.69, 9.17) is 9.47 Å². The first-order chi connectivity index (χ1) is 8.25. The quantitative estimate of drug-likeness (QED) is 0.796. The van der Waals surface area contributed by atoms with E-state index in [1.165, 1.54) is 12.0 Å². The lowest BCUT2D eigenvalue weighted by atomic mass is 10.1. The Balaban J connectivity index is 1.85. The van der Waals surface area contributed by atoms with E-state index in [2.05, 4.69) is 31.3 Å². The molecule has 0 saturated carbocycles. The van der Waals surface area contributed by atoms with Gasteiger partial charge in [-0.1, -0.05) is 19.9 Å². The molecule has 0 bridgehead atoms. The molecule has 2 rings (SSSR count). The zero-order valence-electron chi connectivity index (χ0n) is 10.7. The van der Waals surface area contributed by atoms with Gasteiger partial charge in [-0.05, 0) is 36.6 Å². The summed E-state index contributed by atoms with van der Waals surface area (Å²) in [4.78, 5) is 0. The first-order valence-corrected chi connectivity index (χ1v) is 6.35. The summed E-state index contributed by atoms with van der Waals surface area (Å²) in [6, 6.07) is 6.15. The van der Waals surface area contributed by atoms with E-state index in [1.807, 2.05) is 6.07 Å². The van der Waals surface area contributed by atoms with E-state index in [0.717, 1.165) is 30.5 Å². The highest BCUT2D eigenvalue weighted by molar-refractivity contribution is 5.43. The van der Waals surface area contributed by atoms with Crippen molar-refractivity contribution in [2.24, 2.45) is 5.92 Å². The van der Waals surface area contributed by atoms with E-state index >= 15 is 0 Å². The Morgan fingerprint density at radius 3 is 2.71 bits per heavy atom. The second-order valence-corrected chi connectivity index (χ2v) is 4.84. The van der Waals surface area contributed by atoms with Crippen LogP contribution in [0.15, 0.2) is 18.2 Å². The molecule has 17 heavy (non-hydrogen) atoms. The van der Waals surface area contributed by atoms with E-state index in [-0.39, 0.29) is 0 Å². The minimum Gasteiger partial charge on any atom is -0.486 e. The minimum atomic E-state index is 0.650. The van der Waals surface area contributed by atoms with Gasteiger partial charge in [0.2, 0.25) is 0 Å². The Kier molecular flexibility index (Phi) is 4.26. The monoisotopic (exact) mass is 235 g/mol. The van der Waals surface area contributed by atoms with E-state index in [1.54, 1.807) is 0 Å². The Morgan fingerprint density at radius 1 is 1.18 bits per heavy atom. The van der Waals surface area contributed by atoms with Crippen molar-refractivity contribution in [1.29, 1.82) is 0 Å². The summed E-state index contributed by atoms with van der Waals surface area (Å²) in [6.45, 7) is 7.74. The normalized spacial score (nSPS) is 14.1. The Hall–Kier alpha value is -1.22. The van der Waals surface area contributed by atoms with E-state index < -0.39 is 0 Å². The van der Waals surface area contributed by atoms with Gasteiger partial charge in [-0.2, -0.15) is 0 Å². The lowest BCUT2D eigenvalue weighted by Gasteiger charge is -2.19. The summed E-state index contributed by atoms with van der Waals surface area (Å²) in [7, 11) is 0. The minimum absolute atomic E-state index is 0.650. The lowest BCUT2D eigenvalue weighted by molar-refractivity contribution is 0.171. The van der Waals surface area contributed by atoms with Crippen LogP contribution < -0.4 is 14.8 Å². The van der Waals surface area contributed by atoms with Crippen molar-refractivity contribution in [2.45, 2.75) is 26.8 Å². The van der Waals surface area contributed by atoms with Crippen LogP contribution in [0.4, 0.5) is 0 Å². The van der Waals surface area contributed by atoms with Gasteiger partial charge in [0.1, 0.15) is 13.2 Å². The Morgan fingerprint density at radius 2 is 1.94 bits per heavy atom. The van der Waals surface area contributed by atoms with Gasteiger partial charge in [0, 0.05) is 6.54 Å². The standard InChI is InChI=1S/C14H21NO2/c1-11(2)5-6-15-10-12-3-4-13-14(9-12)17-8-7-16-13/h3-4,9,11,15H,5-8,10H2,1-2H3. The van der Waals surface area contributed by atoms with E-state index in [9.17, 15) is 0 Å². The van der Waals surface area contributed by atoms with Crippen LogP contribution in [0.3, 0.4) is 0 Å². The third kappa shape index (κ3) is 3.63. The number of nitrogens with one attached hydrogen (secondary N) is 1. The number of rotatable bonds is 5. The van der Waals surface area contributed by atoms with Gasteiger partial charge in [0.25, 0.3) is 0 Å². The molecule has 0 fully saturated rings. The zero-order valence-corrected chi connectivity index (χ0v) is 10.7. The molecule has 0 spiro atoms. The van der Waals surface area contributed by atoms with Crippen LogP contribution in [0.25, 0.3) is 0 Å². The SMILES string of the molecule is CC(C)CCNCc1ccc2c(c1)OCCO2. The van der Waals surface area contributed by atoms with Crippen LogP contribution in [-0.2, 0) is 6.54 Å². The highest BCUT2D eigenvalue weighted by Crippen LogP contribution is 2.30. The number of benzene rings is 1. The van der Waals surface area contributed by atoms with Gasteiger partial charge in [-0.3, -0.25) is 0 Å². The number of hydrogen-bond donors (Lipinski definition) is 1. The average molecular weight is 235 g/mol. The summed E-state index contributed by atoms with van der Waals surface area (Å²) in [5, 5.41) is 3.44. The molecule has 3 heteroatoms. The fourth-order valence-corrected chi connectivity index (χ4v) is 1.82. The molecule has 0 aliphatic carbocycles. The van der Waals surface area contributed by atoms with E-state index in [0.29, 0.717) is 13.2 Å². The summed E-state index contributed by atoms with van der Waals surface area (Å²) < 4.78 is 11.0. The zero-order chi connectivity index (χ0) is 12.1. The molecule has 1 aromatic rings. The van der Waals surface area contributed by atoms with Crippen LogP contribution in [0, 0.1) is 5.92 Å². The molecule has 0 atom stereocenters. The molecule has 3 nitrogen and oxygen atoms in total. The molecular weight excluding hydrogens is 214 g/mol. The van der Waals surface area contributed by atoms with Crippen molar-refractivity contribution >= 4 is 0 Å². The fourth-order valence-electron chi connectivity index (χ4n) is 1.82. The van der Waals surface area contributed by atoms with Crippen LogP contribution in [0.1, 0.15) is 25.8 Å². The molecule has 1 heterocycles. The molecule has 0 unspecified atom stereocenters. The smallest absolute Gasteiger partial charge is 0.161 e. The number of ether oxygens (including phenoxy) is 2. The maximum Gasteiger partial charge on any atom is 0.161 e. The van der Waals surface area contributed by atoms with Crippen LogP contribution in [0.5, 0.6) is 11.5 Å². The maximum atomic E-state index is 5.56. The van der Waals surface area contributed by atoms with Crippen molar-refractivity contribution in [1.82, 2.24) is 5.32 Å². The molecule has 94 valence electrons. The molecule has 1 aliphatic heterocycles. The van der Waals surface area contributed by atoms with Gasteiger partial charge in [-0.15, -0.1) is 0 Å². The molecule has 0 saturated heterocycles. The first kappa shape index (κ1) is 12.2. The van der Waals surface area contributed by atoms with Crippen LogP contribution in [0.2, 0.25) is 0 Å². The van der Waals surface area contributed by atoms with Crippen molar-refractivity contribution in [3.8, 4) is 11.5 Å². The Labute approximate surface area is 103 Å². The third-order valence-electron chi connectivity index (χ3n) is 2.83. The van der Waals surface area contributed by atoms with Gasteiger partial charge in [0.05, 0.1) is 0 Å². The third-order valence-corrected chi connectivity index (χ3v) is 2.83. The van der Waals surface area contributed by atoms with Gasteiger partial charge in [-0.25, -0.2) is 0 Å². The summed E-state index contributed by atoms with van der Waals surface area (Å²) in [6.07, 6.45) is 1.21. The Bertz CT molecular complexity index is 363.